The minimum absolute atomic E-state index is 0.288. The van der Waals surface area contributed by atoms with Crippen LogP contribution in [-0.2, 0) is 12.8 Å². The SMILES string of the molecule is OCCCCc1cccc(CCCCO)c1. The first kappa shape index (κ1) is 13.2. The van der Waals surface area contributed by atoms with Crippen molar-refractivity contribution in [3.8, 4) is 0 Å². The first-order valence-corrected chi connectivity index (χ1v) is 6.16. The number of rotatable bonds is 8. The summed E-state index contributed by atoms with van der Waals surface area (Å²) in [5.74, 6) is 0. The maximum Gasteiger partial charge on any atom is 0.0431 e. The third-order valence-electron chi connectivity index (χ3n) is 2.74. The smallest absolute Gasteiger partial charge is 0.0431 e. The largest absolute Gasteiger partial charge is 0.396 e. The zero-order valence-corrected chi connectivity index (χ0v) is 9.86. The summed E-state index contributed by atoms with van der Waals surface area (Å²) in [6, 6.07) is 8.64. The lowest BCUT2D eigenvalue weighted by Crippen LogP contribution is -1.92. The quantitative estimate of drug-likeness (QED) is 0.663. The van der Waals surface area contributed by atoms with Crippen LogP contribution in [0.5, 0.6) is 0 Å². The molecule has 1 aromatic rings. The number of hydrogen-bond donors (Lipinski definition) is 2. The standard InChI is InChI=1S/C14H22O2/c15-10-3-1-6-13-8-5-9-14(12-13)7-2-4-11-16/h5,8-9,12,15-16H,1-4,6-7,10-11H2. The number of hydrogen-bond acceptors (Lipinski definition) is 2. The van der Waals surface area contributed by atoms with Gasteiger partial charge in [0, 0.05) is 13.2 Å². The molecule has 0 heterocycles. The Hall–Kier alpha value is -0.860. The lowest BCUT2D eigenvalue weighted by molar-refractivity contribution is 0.284. The van der Waals surface area contributed by atoms with E-state index in [-0.39, 0.29) is 13.2 Å². The predicted molar refractivity (Wildman–Crippen MR) is 66.5 cm³/mol. The Morgan fingerprint density at radius 2 is 1.25 bits per heavy atom. The molecular formula is C14H22O2. The highest BCUT2D eigenvalue weighted by molar-refractivity contribution is 5.23. The predicted octanol–water partition coefficient (Wildman–Crippen LogP) is 2.32. The van der Waals surface area contributed by atoms with Crippen LogP contribution in [0.1, 0.15) is 36.8 Å². The van der Waals surface area contributed by atoms with Crippen LogP contribution in [0.4, 0.5) is 0 Å². The maximum absolute atomic E-state index is 8.72. The van der Waals surface area contributed by atoms with E-state index >= 15 is 0 Å². The second kappa shape index (κ2) is 8.31. The van der Waals surface area contributed by atoms with Crippen molar-refractivity contribution < 1.29 is 10.2 Å². The molecule has 1 rings (SSSR count). The van der Waals surface area contributed by atoms with Gasteiger partial charge in [0.25, 0.3) is 0 Å². The van der Waals surface area contributed by atoms with Gasteiger partial charge in [-0.3, -0.25) is 0 Å². The number of unbranched alkanes of at least 4 members (excludes halogenated alkanes) is 2. The van der Waals surface area contributed by atoms with Gasteiger partial charge in [0.15, 0.2) is 0 Å². The zero-order valence-electron chi connectivity index (χ0n) is 9.86. The van der Waals surface area contributed by atoms with Crippen LogP contribution < -0.4 is 0 Å². The molecule has 0 radical (unpaired) electrons. The average molecular weight is 222 g/mol. The van der Waals surface area contributed by atoms with E-state index in [4.69, 9.17) is 10.2 Å². The van der Waals surface area contributed by atoms with Crippen LogP contribution in [0, 0.1) is 0 Å². The summed E-state index contributed by atoms with van der Waals surface area (Å²) in [6.45, 7) is 0.576. The second-order valence-electron chi connectivity index (χ2n) is 4.18. The van der Waals surface area contributed by atoms with Crippen LogP contribution >= 0.6 is 0 Å². The highest BCUT2D eigenvalue weighted by Gasteiger charge is 1.97. The van der Waals surface area contributed by atoms with Crippen molar-refractivity contribution in [3.63, 3.8) is 0 Å². The summed E-state index contributed by atoms with van der Waals surface area (Å²) in [4.78, 5) is 0. The van der Waals surface area contributed by atoms with Gasteiger partial charge in [-0.05, 0) is 49.7 Å². The van der Waals surface area contributed by atoms with Crippen LogP contribution in [-0.4, -0.2) is 23.4 Å². The van der Waals surface area contributed by atoms with Crippen LogP contribution in [0.15, 0.2) is 24.3 Å². The second-order valence-corrected chi connectivity index (χ2v) is 4.18. The van der Waals surface area contributed by atoms with Crippen LogP contribution in [0.25, 0.3) is 0 Å². The Balaban J connectivity index is 2.37. The molecule has 0 aliphatic heterocycles. The Bertz CT molecular complexity index is 259. The van der Waals surface area contributed by atoms with E-state index in [2.05, 4.69) is 24.3 Å². The van der Waals surface area contributed by atoms with E-state index in [0.717, 1.165) is 38.5 Å². The third kappa shape index (κ3) is 5.29. The van der Waals surface area contributed by atoms with Crippen LogP contribution in [0.2, 0.25) is 0 Å². The molecule has 2 heteroatoms. The molecule has 2 N–H and O–H groups in total. The molecule has 0 atom stereocenters. The highest BCUT2D eigenvalue weighted by atomic mass is 16.3. The molecule has 0 saturated carbocycles. The molecule has 2 nitrogen and oxygen atoms in total. The minimum atomic E-state index is 0.288. The molecule has 0 bridgehead atoms. The fraction of sp³-hybridized carbons (Fsp3) is 0.571. The van der Waals surface area contributed by atoms with Gasteiger partial charge in [0.1, 0.15) is 0 Å². The van der Waals surface area contributed by atoms with E-state index in [1.54, 1.807) is 0 Å². The Kier molecular flexibility index (Phi) is 6.86. The van der Waals surface area contributed by atoms with Crippen molar-refractivity contribution in [2.24, 2.45) is 0 Å². The van der Waals surface area contributed by atoms with Gasteiger partial charge in [0.05, 0.1) is 0 Å². The molecular weight excluding hydrogens is 200 g/mol. The molecule has 0 spiro atoms. The minimum Gasteiger partial charge on any atom is -0.396 e. The lowest BCUT2D eigenvalue weighted by atomic mass is 10.0. The topological polar surface area (TPSA) is 40.5 Å². The van der Waals surface area contributed by atoms with Gasteiger partial charge in [-0.1, -0.05) is 24.3 Å². The molecule has 90 valence electrons. The molecule has 0 aromatic heterocycles. The summed E-state index contributed by atoms with van der Waals surface area (Å²) >= 11 is 0. The Morgan fingerprint density at radius 1 is 0.750 bits per heavy atom. The first-order chi connectivity index (χ1) is 7.86. The Labute approximate surface area is 97.9 Å². The average Bonchev–Trinajstić information content (AvgIpc) is 2.30. The summed E-state index contributed by atoms with van der Waals surface area (Å²) in [5, 5.41) is 17.4. The van der Waals surface area contributed by atoms with Crippen molar-refractivity contribution in [2.45, 2.75) is 38.5 Å². The zero-order chi connectivity index (χ0) is 11.6. The van der Waals surface area contributed by atoms with Crippen molar-refractivity contribution in [3.05, 3.63) is 35.4 Å². The molecule has 0 aliphatic rings. The monoisotopic (exact) mass is 222 g/mol. The van der Waals surface area contributed by atoms with E-state index in [0.29, 0.717) is 0 Å². The fourth-order valence-electron chi connectivity index (χ4n) is 1.82. The van der Waals surface area contributed by atoms with Crippen molar-refractivity contribution >= 4 is 0 Å². The maximum atomic E-state index is 8.72. The van der Waals surface area contributed by atoms with Crippen molar-refractivity contribution in [2.75, 3.05) is 13.2 Å². The molecule has 16 heavy (non-hydrogen) atoms. The van der Waals surface area contributed by atoms with Gasteiger partial charge in [-0.25, -0.2) is 0 Å². The normalized spacial score (nSPS) is 10.6. The molecule has 0 aliphatic carbocycles. The Morgan fingerprint density at radius 3 is 1.69 bits per heavy atom. The summed E-state index contributed by atoms with van der Waals surface area (Å²) in [7, 11) is 0. The summed E-state index contributed by atoms with van der Waals surface area (Å²) in [5.41, 5.74) is 2.71. The van der Waals surface area contributed by atoms with Crippen molar-refractivity contribution in [1.82, 2.24) is 0 Å². The van der Waals surface area contributed by atoms with E-state index in [1.807, 2.05) is 0 Å². The van der Waals surface area contributed by atoms with Gasteiger partial charge < -0.3 is 10.2 Å². The van der Waals surface area contributed by atoms with E-state index in [9.17, 15) is 0 Å². The van der Waals surface area contributed by atoms with Crippen molar-refractivity contribution in [1.29, 1.82) is 0 Å². The molecule has 0 fully saturated rings. The van der Waals surface area contributed by atoms with E-state index < -0.39 is 0 Å². The summed E-state index contributed by atoms with van der Waals surface area (Å²) in [6.07, 6.45) is 5.97. The molecule has 0 unspecified atom stereocenters. The molecule has 1 aromatic carbocycles. The number of aliphatic hydroxyl groups is 2. The highest BCUT2D eigenvalue weighted by Crippen LogP contribution is 2.11. The van der Waals surface area contributed by atoms with E-state index in [1.165, 1.54) is 11.1 Å². The molecule has 0 amide bonds. The lowest BCUT2D eigenvalue weighted by Gasteiger charge is -2.04. The van der Waals surface area contributed by atoms with Crippen LogP contribution in [0.3, 0.4) is 0 Å². The summed E-state index contributed by atoms with van der Waals surface area (Å²) < 4.78 is 0. The fourth-order valence-corrected chi connectivity index (χ4v) is 1.82. The molecule has 0 saturated heterocycles. The number of aliphatic hydroxyl groups excluding tert-OH is 2. The third-order valence-corrected chi connectivity index (χ3v) is 2.74. The van der Waals surface area contributed by atoms with Gasteiger partial charge in [-0.15, -0.1) is 0 Å². The number of benzene rings is 1. The first-order valence-electron chi connectivity index (χ1n) is 6.16. The van der Waals surface area contributed by atoms with Gasteiger partial charge in [-0.2, -0.15) is 0 Å². The number of aryl methyl sites for hydroxylation is 2. The van der Waals surface area contributed by atoms with Gasteiger partial charge >= 0.3 is 0 Å². The van der Waals surface area contributed by atoms with Gasteiger partial charge in [0.2, 0.25) is 0 Å².